The van der Waals surface area contributed by atoms with Crippen LogP contribution < -0.4 is 5.48 Å². The van der Waals surface area contributed by atoms with Gasteiger partial charge in [-0.15, -0.1) is 23.5 Å². The first-order chi connectivity index (χ1) is 14.1. The summed E-state index contributed by atoms with van der Waals surface area (Å²) >= 11 is 7.30. The second kappa shape index (κ2) is 8.02. The van der Waals surface area contributed by atoms with Gasteiger partial charge >= 0.3 is 0 Å². The van der Waals surface area contributed by atoms with E-state index in [2.05, 4.69) is 69.0 Å². The van der Waals surface area contributed by atoms with Gasteiger partial charge in [-0.3, -0.25) is 10.0 Å². The number of carbonyl (C=O) groups excluding carboxylic acids is 1. The van der Waals surface area contributed by atoms with Gasteiger partial charge in [-0.05, 0) is 36.6 Å². The minimum atomic E-state index is -0.274. The molecular formula is C22H21BrN2O2S2. The molecule has 3 atom stereocenters. The number of hydroxylamine groups is 1. The molecule has 0 aliphatic carbocycles. The Morgan fingerprint density at radius 1 is 1.21 bits per heavy atom. The first kappa shape index (κ1) is 19.5. The topological polar surface area (TPSA) is 54.3 Å². The lowest BCUT2D eigenvalue weighted by molar-refractivity contribution is -0.128. The number of aromatic nitrogens is 1. The molecule has 2 aromatic carbocycles. The highest BCUT2D eigenvalue weighted by molar-refractivity contribution is 9.10. The molecule has 1 aromatic heterocycles. The largest absolute Gasteiger partial charge is 0.342 e. The van der Waals surface area contributed by atoms with Gasteiger partial charge in [0.25, 0.3) is 5.91 Å². The Labute approximate surface area is 186 Å². The molecule has 0 saturated carbocycles. The number of rotatable bonds is 4. The molecule has 2 N–H and O–H groups in total. The second-order valence-electron chi connectivity index (χ2n) is 7.57. The molecule has 4 nitrogen and oxygen atoms in total. The lowest BCUT2D eigenvalue weighted by Crippen LogP contribution is -2.28. The van der Waals surface area contributed by atoms with Crippen LogP contribution in [-0.4, -0.2) is 26.2 Å². The van der Waals surface area contributed by atoms with Crippen molar-refractivity contribution in [2.45, 2.75) is 46.5 Å². The summed E-state index contributed by atoms with van der Waals surface area (Å²) in [6.45, 7) is 0.898. The summed E-state index contributed by atoms with van der Waals surface area (Å²) in [5, 5.41) is 10.9. The molecule has 3 heterocycles. The van der Waals surface area contributed by atoms with Gasteiger partial charge < -0.3 is 4.57 Å². The average Bonchev–Trinajstić information content (AvgIpc) is 3.45. The first-order valence-corrected chi connectivity index (χ1v) is 12.4. The molecule has 7 heteroatoms. The second-order valence-corrected chi connectivity index (χ2v) is 11.2. The summed E-state index contributed by atoms with van der Waals surface area (Å²) in [7, 11) is 0. The third-order valence-corrected chi connectivity index (χ3v) is 9.24. The number of hydrogen-bond donors (Lipinski definition) is 2. The number of amides is 1. The monoisotopic (exact) mass is 488 g/mol. The van der Waals surface area contributed by atoms with Gasteiger partial charge in [-0.2, -0.15) is 0 Å². The Kier molecular flexibility index (Phi) is 5.41. The van der Waals surface area contributed by atoms with Crippen molar-refractivity contribution in [3.63, 3.8) is 0 Å². The van der Waals surface area contributed by atoms with Crippen molar-refractivity contribution in [3.05, 3.63) is 64.3 Å². The van der Waals surface area contributed by atoms with E-state index in [-0.39, 0.29) is 11.2 Å². The molecule has 0 radical (unpaired) electrons. The zero-order chi connectivity index (χ0) is 20.0. The molecule has 0 bridgehead atoms. The van der Waals surface area contributed by atoms with E-state index < -0.39 is 0 Å². The third-order valence-electron chi connectivity index (χ3n) is 5.79. The van der Waals surface area contributed by atoms with E-state index in [0.29, 0.717) is 10.5 Å². The van der Waals surface area contributed by atoms with Gasteiger partial charge in [0.2, 0.25) is 0 Å². The summed E-state index contributed by atoms with van der Waals surface area (Å²) < 4.78 is 3.58. The highest BCUT2D eigenvalue weighted by Gasteiger charge is 2.34. The normalized spacial score (nSPS) is 23.4. The van der Waals surface area contributed by atoms with Gasteiger partial charge in [0, 0.05) is 49.4 Å². The fourth-order valence-corrected chi connectivity index (χ4v) is 7.63. The van der Waals surface area contributed by atoms with Crippen LogP contribution in [0.3, 0.4) is 0 Å². The quantitative estimate of drug-likeness (QED) is 0.372. The standard InChI is InChI=1S/C22H21BrN2O2S2/c23-14-6-8-17-16(10-14)21-18(11-20(29-21)13-4-2-1-3-5-13)25(17)12-15-7-9-19(28-15)22(26)24-27/h1-6,8,10,15,19-20,27H,7,9,11-12H2,(H,24,26)/t15?,19?,20-/m1/s1. The lowest BCUT2D eigenvalue weighted by atomic mass is 10.1. The highest BCUT2D eigenvalue weighted by Crippen LogP contribution is 2.51. The molecule has 2 aliphatic heterocycles. The predicted octanol–water partition coefficient (Wildman–Crippen LogP) is 5.56. The zero-order valence-electron chi connectivity index (χ0n) is 15.7. The molecular weight excluding hydrogens is 468 g/mol. The molecule has 29 heavy (non-hydrogen) atoms. The van der Waals surface area contributed by atoms with Crippen molar-refractivity contribution in [1.29, 1.82) is 0 Å². The Hall–Kier alpha value is -1.41. The summed E-state index contributed by atoms with van der Waals surface area (Å²) in [5.74, 6) is -0.274. The molecule has 150 valence electrons. The van der Waals surface area contributed by atoms with Crippen LogP contribution in [0.4, 0.5) is 0 Å². The summed E-state index contributed by atoms with van der Waals surface area (Å²) in [6.07, 6.45) is 2.83. The number of carbonyl (C=O) groups is 1. The Bertz CT molecular complexity index is 1070. The SMILES string of the molecule is O=C(NO)C1CCC(Cn2c3c(c4cc(Br)ccc42)S[C@@H](c2ccccc2)C3)S1. The van der Waals surface area contributed by atoms with Crippen LogP contribution in [0, 0.1) is 0 Å². The van der Waals surface area contributed by atoms with Crippen LogP contribution in [0.5, 0.6) is 0 Å². The van der Waals surface area contributed by atoms with E-state index in [0.717, 1.165) is 30.3 Å². The fraction of sp³-hybridized carbons (Fsp3) is 0.318. The lowest BCUT2D eigenvalue weighted by Gasteiger charge is -2.16. The Morgan fingerprint density at radius 3 is 2.83 bits per heavy atom. The highest BCUT2D eigenvalue weighted by atomic mass is 79.9. The molecule has 3 aromatic rings. The zero-order valence-corrected chi connectivity index (χ0v) is 18.9. The summed E-state index contributed by atoms with van der Waals surface area (Å²) in [4.78, 5) is 13.2. The Balaban J connectivity index is 1.48. The number of fused-ring (bicyclic) bond motifs is 3. The van der Waals surface area contributed by atoms with Crippen LogP contribution in [-0.2, 0) is 17.8 Å². The molecule has 1 fully saturated rings. The van der Waals surface area contributed by atoms with Crippen molar-refractivity contribution in [2.24, 2.45) is 0 Å². The number of hydrogen-bond acceptors (Lipinski definition) is 4. The summed E-state index contributed by atoms with van der Waals surface area (Å²) in [5.41, 5.74) is 5.87. The average molecular weight is 489 g/mol. The minimum absolute atomic E-state index is 0.152. The molecule has 2 aliphatic rings. The molecule has 1 saturated heterocycles. The van der Waals surface area contributed by atoms with Crippen molar-refractivity contribution in [1.82, 2.24) is 10.0 Å². The number of halogens is 1. The van der Waals surface area contributed by atoms with Gasteiger partial charge in [-0.25, -0.2) is 5.48 Å². The van der Waals surface area contributed by atoms with Gasteiger partial charge in [0.05, 0.1) is 5.25 Å². The van der Waals surface area contributed by atoms with Crippen LogP contribution in [0.2, 0.25) is 0 Å². The number of thioether (sulfide) groups is 2. The van der Waals surface area contributed by atoms with E-state index in [1.807, 2.05) is 17.2 Å². The predicted molar refractivity (Wildman–Crippen MR) is 123 cm³/mol. The van der Waals surface area contributed by atoms with Gasteiger partial charge in [0.1, 0.15) is 0 Å². The Morgan fingerprint density at radius 2 is 2.03 bits per heavy atom. The first-order valence-electron chi connectivity index (χ1n) is 9.75. The molecule has 1 amide bonds. The minimum Gasteiger partial charge on any atom is -0.342 e. The molecule has 0 spiro atoms. The molecule has 5 rings (SSSR count). The maximum absolute atomic E-state index is 11.8. The van der Waals surface area contributed by atoms with Crippen molar-refractivity contribution in [3.8, 4) is 0 Å². The number of nitrogens with zero attached hydrogens (tertiary/aromatic N) is 1. The van der Waals surface area contributed by atoms with Crippen molar-refractivity contribution < 1.29 is 10.0 Å². The summed E-state index contributed by atoms with van der Waals surface area (Å²) in [6, 6.07) is 17.3. The van der Waals surface area contributed by atoms with Crippen molar-refractivity contribution >= 4 is 56.3 Å². The van der Waals surface area contributed by atoms with Crippen LogP contribution in [0.15, 0.2) is 57.9 Å². The smallest absolute Gasteiger partial charge is 0.256 e. The van der Waals surface area contributed by atoms with E-state index in [1.165, 1.54) is 27.1 Å². The van der Waals surface area contributed by atoms with Gasteiger partial charge in [0.15, 0.2) is 0 Å². The maximum atomic E-state index is 11.8. The van der Waals surface area contributed by atoms with E-state index in [1.54, 1.807) is 11.8 Å². The fourth-order valence-electron chi connectivity index (χ4n) is 4.41. The van der Waals surface area contributed by atoms with E-state index in [4.69, 9.17) is 5.21 Å². The third kappa shape index (κ3) is 3.63. The van der Waals surface area contributed by atoms with Gasteiger partial charge in [-0.1, -0.05) is 46.3 Å². The maximum Gasteiger partial charge on any atom is 0.256 e. The van der Waals surface area contributed by atoms with Crippen molar-refractivity contribution in [2.75, 3.05) is 0 Å². The van der Waals surface area contributed by atoms with Crippen LogP contribution >= 0.6 is 39.5 Å². The molecule has 2 unspecified atom stereocenters. The van der Waals surface area contributed by atoms with Crippen LogP contribution in [0.1, 0.15) is 29.3 Å². The number of benzene rings is 2. The van der Waals surface area contributed by atoms with E-state index >= 15 is 0 Å². The number of nitrogens with one attached hydrogen (secondary N) is 1. The van der Waals surface area contributed by atoms with Crippen LogP contribution in [0.25, 0.3) is 10.9 Å². The van der Waals surface area contributed by atoms with E-state index in [9.17, 15) is 4.79 Å².